The SMILES string of the molecule is C=CCc1cccc(Cl)c1OCCN1CCN(C2=COC(C3=CC=CCC3)=CO2)CC1. The van der Waals surface area contributed by atoms with Crippen LogP contribution in [-0.4, -0.2) is 49.1 Å². The minimum Gasteiger partial charge on any atom is -0.490 e. The van der Waals surface area contributed by atoms with Gasteiger partial charge in [-0.25, -0.2) is 0 Å². The van der Waals surface area contributed by atoms with Crippen molar-refractivity contribution >= 4 is 11.6 Å². The maximum Gasteiger partial charge on any atom is 0.231 e. The molecule has 1 aliphatic carbocycles. The first-order valence-electron chi connectivity index (χ1n) is 10.8. The predicted molar refractivity (Wildman–Crippen MR) is 124 cm³/mol. The van der Waals surface area contributed by atoms with Crippen molar-refractivity contribution < 1.29 is 14.2 Å². The van der Waals surface area contributed by atoms with Gasteiger partial charge in [0.2, 0.25) is 5.88 Å². The lowest BCUT2D eigenvalue weighted by atomic mass is 10.0. The lowest BCUT2D eigenvalue weighted by Gasteiger charge is -2.36. The number of hydrogen-bond acceptors (Lipinski definition) is 5. The molecule has 1 fully saturated rings. The van der Waals surface area contributed by atoms with E-state index in [9.17, 15) is 0 Å². The lowest BCUT2D eigenvalue weighted by molar-refractivity contribution is 0.0784. The summed E-state index contributed by atoms with van der Waals surface area (Å²) in [5, 5.41) is 0.651. The smallest absolute Gasteiger partial charge is 0.231 e. The molecule has 1 saturated heterocycles. The number of para-hydroxylation sites is 1. The summed E-state index contributed by atoms with van der Waals surface area (Å²) >= 11 is 6.33. The van der Waals surface area contributed by atoms with E-state index in [0.29, 0.717) is 11.6 Å². The minimum atomic E-state index is 0.603. The van der Waals surface area contributed by atoms with Crippen LogP contribution in [0.3, 0.4) is 0 Å². The molecule has 2 heterocycles. The van der Waals surface area contributed by atoms with Crippen molar-refractivity contribution in [3.05, 3.63) is 89.4 Å². The van der Waals surface area contributed by atoms with E-state index < -0.39 is 0 Å². The van der Waals surface area contributed by atoms with Crippen LogP contribution in [0.15, 0.2) is 78.8 Å². The monoisotopic (exact) mass is 440 g/mol. The highest BCUT2D eigenvalue weighted by Gasteiger charge is 2.23. The third kappa shape index (κ3) is 5.54. The van der Waals surface area contributed by atoms with Gasteiger partial charge in [-0.3, -0.25) is 4.90 Å². The average Bonchev–Trinajstić information content (AvgIpc) is 2.82. The number of nitrogens with zero attached hydrogens (tertiary/aromatic N) is 2. The number of halogens is 1. The molecule has 0 bridgehead atoms. The van der Waals surface area contributed by atoms with Gasteiger partial charge in [0, 0.05) is 32.7 Å². The van der Waals surface area contributed by atoms with Gasteiger partial charge in [-0.05, 0) is 36.5 Å². The Labute approximate surface area is 189 Å². The van der Waals surface area contributed by atoms with Crippen molar-refractivity contribution in [2.24, 2.45) is 0 Å². The first kappa shape index (κ1) is 21.6. The van der Waals surface area contributed by atoms with Crippen molar-refractivity contribution in [2.45, 2.75) is 19.3 Å². The Kier molecular flexibility index (Phi) is 7.39. The molecule has 4 rings (SSSR count). The van der Waals surface area contributed by atoms with Gasteiger partial charge in [-0.1, -0.05) is 48.0 Å². The molecule has 0 radical (unpaired) electrons. The molecule has 31 heavy (non-hydrogen) atoms. The number of rotatable bonds is 8. The Morgan fingerprint density at radius 1 is 1.13 bits per heavy atom. The summed E-state index contributed by atoms with van der Waals surface area (Å²) in [6.45, 7) is 8.93. The lowest BCUT2D eigenvalue weighted by Crippen LogP contribution is -2.47. The molecule has 5 nitrogen and oxygen atoms in total. The van der Waals surface area contributed by atoms with Crippen molar-refractivity contribution in [3.63, 3.8) is 0 Å². The number of ether oxygens (including phenoxy) is 3. The summed E-state index contributed by atoms with van der Waals surface area (Å²) in [4.78, 5) is 4.61. The first-order valence-corrected chi connectivity index (χ1v) is 11.2. The molecule has 1 aromatic carbocycles. The second kappa shape index (κ2) is 10.6. The van der Waals surface area contributed by atoms with Crippen molar-refractivity contribution in [1.29, 1.82) is 0 Å². The normalized spacial score (nSPS) is 19.0. The van der Waals surface area contributed by atoms with E-state index in [1.807, 2.05) is 24.3 Å². The Hall–Kier alpha value is -2.63. The standard InChI is InChI=1S/C25H29ClN2O3/c1-2-7-21-10-6-11-22(26)25(21)29-17-16-27-12-14-28(15-13-27)24-19-30-23(18-31-24)20-8-4-3-5-9-20/h2-4,6,8,10-11,18-19H,1,5,7,9,12-17H2. The number of piperazine rings is 1. The molecule has 1 aromatic rings. The van der Waals surface area contributed by atoms with E-state index in [0.717, 1.165) is 74.9 Å². The summed E-state index contributed by atoms with van der Waals surface area (Å²) in [6.07, 6.45) is 14.4. The third-order valence-electron chi connectivity index (χ3n) is 5.65. The molecule has 0 saturated carbocycles. The van der Waals surface area contributed by atoms with Gasteiger partial charge < -0.3 is 19.1 Å². The minimum absolute atomic E-state index is 0.603. The van der Waals surface area contributed by atoms with Gasteiger partial charge in [-0.2, -0.15) is 0 Å². The van der Waals surface area contributed by atoms with E-state index in [4.69, 9.17) is 25.8 Å². The van der Waals surface area contributed by atoms with Gasteiger partial charge in [-0.15, -0.1) is 6.58 Å². The van der Waals surface area contributed by atoms with Crippen molar-refractivity contribution in [3.8, 4) is 5.75 Å². The highest BCUT2D eigenvalue weighted by atomic mass is 35.5. The molecule has 0 amide bonds. The largest absolute Gasteiger partial charge is 0.490 e. The van der Waals surface area contributed by atoms with Crippen LogP contribution < -0.4 is 4.74 Å². The van der Waals surface area contributed by atoms with Crippen LogP contribution in [0.25, 0.3) is 0 Å². The van der Waals surface area contributed by atoms with Crippen LogP contribution >= 0.6 is 11.6 Å². The molecule has 0 spiro atoms. The summed E-state index contributed by atoms with van der Waals surface area (Å²) in [6, 6.07) is 5.84. The first-order chi connectivity index (χ1) is 15.2. The Balaban J connectivity index is 1.21. The number of benzene rings is 1. The molecular weight excluding hydrogens is 412 g/mol. The molecule has 0 atom stereocenters. The van der Waals surface area contributed by atoms with E-state index in [1.54, 1.807) is 12.5 Å². The van der Waals surface area contributed by atoms with Gasteiger partial charge in [0.1, 0.15) is 18.6 Å². The van der Waals surface area contributed by atoms with E-state index in [2.05, 4.69) is 34.6 Å². The zero-order valence-electron chi connectivity index (χ0n) is 17.8. The number of hydrogen-bond donors (Lipinski definition) is 0. The summed E-state index contributed by atoms with van der Waals surface area (Å²) in [5.74, 6) is 2.35. The average molecular weight is 441 g/mol. The Morgan fingerprint density at radius 2 is 2.00 bits per heavy atom. The van der Waals surface area contributed by atoms with Gasteiger partial charge >= 0.3 is 0 Å². The van der Waals surface area contributed by atoms with Gasteiger partial charge in [0.25, 0.3) is 0 Å². The van der Waals surface area contributed by atoms with Gasteiger partial charge in [0.05, 0.1) is 5.02 Å². The molecule has 3 aliphatic rings. The van der Waals surface area contributed by atoms with Crippen molar-refractivity contribution in [2.75, 3.05) is 39.3 Å². The summed E-state index contributed by atoms with van der Waals surface area (Å²) < 4.78 is 17.7. The molecule has 6 heteroatoms. The second-order valence-electron chi connectivity index (χ2n) is 7.73. The van der Waals surface area contributed by atoms with Crippen LogP contribution in [0.4, 0.5) is 0 Å². The Morgan fingerprint density at radius 3 is 2.71 bits per heavy atom. The van der Waals surface area contributed by atoms with Crippen LogP contribution in [0.1, 0.15) is 18.4 Å². The Bertz CT molecular complexity index is 911. The number of allylic oxidation sites excluding steroid dienone is 5. The zero-order valence-corrected chi connectivity index (χ0v) is 18.5. The van der Waals surface area contributed by atoms with E-state index >= 15 is 0 Å². The predicted octanol–water partition coefficient (Wildman–Crippen LogP) is 5.03. The van der Waals surface area contributed by atoms with E-state index in [-0.39, 0.29) is 0 Å². The molecule has 2 aliphatic heterocycles. The third-order valence-corrected chi connectivity index (χ3v) is 5.95. The summed E-state index contributed by atoms with van der Waals surface area (Å²) in [7, 11) is 0. The fourth-order valence-electron chi connectivity index (χ4n) is 3.89. The maximum absolute atomic E-state index is 6.33. The second-order valence-corrected chi connectivity index (χ2v) is 8.14. The topological polar surface area (TPSA) is 34.2 Å². The zero-order chi connectivity index (χ0) is 21.5. The highest BCUT2D eigenvalue weighted by molar-refractivity contribution is 6.32. The molecule has 164 valence electrons. The van der Waals surface area contributed by atoms with Crippen LogP contribution in [0.2, 0.25) is 5.02 Å². The molecule has 0 aromatic heterocycles. The quantitative estimate of drug-likeness (QED) is 0.530. The van der Waals surface area contributed by atoms with E-state index in [1.165, 1.54) is 5.57 Å². The molecular formula is C25H29ClN2O3. The molecule has 0 N–H and O–H groups in total. The fourth-order valence-corrected chi connectivity index (χ4v) is 4.14. The maximum atomic E-state index is 6.33. The molecule has 0 unspecified atom stereocenters. The van der Waals surface area contributed by atoms with Gasteiger partial charge in [0.15, 0.2) is 12.0 Å². The van der Waals surface area contributed by atoms with Crippen LogP contribution in [0, 0.1) is 0 Å². The summed E-state index contributed by atoms with van der Waals surface area (Å²) in [5.41, 5.74) is 2.25. The highest BCUT2D eigenvalue weighted by Crippen LogP contribution is 2.29. The van der Waals surface area contributed by atoms with Crippen molar-refractivity contribution in [1.82, 2.24) is 9.80 Å². The van der Waals surface area contributed by atoms with Crippen LogP contribution in [0.5, 0.6) is 5.75 Å². The van der Waals surface area contributed by atoms with Crippen LogP contribution in [-0.2, 0) is 15.9 Å². The fraction of sp³-hybridized carbons (Fsp3) is 0.360.